The van der Waals surface area contributed by atoms with E-state index in [1.807, 2.05) is 17.1 Å². The SMILES string of the molecule is Br.NC1CSC1.O=C(CNC(=O)c1ccc(C2=NCC(c3cc(Cl)c(Cl)c(Cl)c3)(C(F)(F)F)C2)cc1C(F)(F)F)NC1CSC1.O=C(O)CNC(=O)c1ccc(C2=NCC(c3cc(Cl)c(Cl)c(Cl)c3)(C(F)(F)F)C2)cc1C(F)(F)F. The van der Waals surface area contributed by atoms with Gasteiger partial charge in [0, 0.05) is 59.4 Å². The van der Waals surface area contributed by atoms with E-state index in [9.17, 15) is 71.9 Å². The molecule has 3 amide bonds. The molecule has 11 nitrogen and oxygen atoms in total. The molecule has 4 aromatic rings. The lowest BCUT2D eigenvalue weighted by Gasteiger charge is -2.32. The zero-order chi connectivity index (χ0) is 58.8. The minimum Gasteiger partial charge on any atom is -0.480 e. The van der Waals surface area contributed by atoms with E-state index >= 15 is 0 Å². The fourth-order valence-corrected chi connectivity index (χ4v) is 10.4. The van der Waals surface area contributed by atoms with Crippen molar-refractivity contribution in [3.63, 3.8) is 0 Å². The summed E-state index contributed by atoms with van der Waals surface area (Å²) in [6, 6.07) is 9.24. The minimum atomic E-state index is -5.07. The van der Waals surface area contributed by atoms with Crippen LogP contribution in [0.4, 0.5) is 52.7 Å². The number of carbonyl (C=O) groups excluding carboxylic acids is 3. The van der Waals surface area contributed by atoms with E-state index in [1.165, 1.54) is 11.5 Å². The Hall–Kier alpha value is -3.86. The van der Waals surface area contributed by atoms with Crippen LogP contribution in [-0.4, -0.2) is 114 Å². The molecule has 0 spiro atoms. The maximum atomic E-state index is 14.4. The van der Waals surface area contributed by atoms with Crippen LogP contribution in [0, 0.1) is 0 Å². The second-order valence-electron chi connectivity index (χ2n) is 17.9. The molecule has 2 fully saturated rings. The highest BCUT2D eigenvalue weighted by Crippen LogP contribution is 2.52. The van der Waals surface area contributed by atoms with Crippen LogP contribution in [0.3, 0.4) is 0 Å². The van der Waals surface area contributed by atoms with Gasteiger partial charge in [0.2, 0.25) is 5.91 Å². The topological polar surface area (TPSA) is 175 Å². The predicted octanol–water partition coefficient (Wildman–Crippen LogP) is 13.1. The van der Waals surface area contributed by atoms with Gasteiger partial charge in [-0.05, 0) is 70.8 Å². The highest BCUT2D eigenvalue weighted by molar-refractivity contribution is 8.93. The second kappa shape index (κ2) is 26.4. The molecule has 0 aromatic heterocycles. The van der Waals surface area contributed by atoms with Crippen molar-refractivity contribution in [1.82, 2.24) is 16.0 Å². The number of halogens is 19. The standard InChI is InChI=1S/C24H18Cl3F6N3O2S.C21H13Cl3F6N2O3.C3H7NS.BrH/c25-16-4-12(5-17(26)20(16)27)22(24(31,32)33)6-18(35-10-22)11-1-2-14(15(3-11)23(28,29)30)21(38)34-7-19(37)36-13-8-39-9-13;22-13-4-10(5-14(23)17(13)24)19(21(28,29)30)6-15(32-8-19)9-1-2-11(12(3-9)20(25,26)27)18(35)31-7-16(33)34;4-3-1-5-2-3;/h1-5,13H,6-10H2,(H,34,38)(H,36,37);1-5H,6-8H2,(H,31,35)(H,33,34);3H,1-2,4H2;1H. The zero-order valence-corrected chi connectivity index (χ0v) is 48.0. The van der Waals surface area contributed by atoms with Crippen LogP contribution in [0.25, 0.3) is 0 Å². The van der Waals surface area contributed by atoms with Crippen LogP contribution in [0.15, 0.2) is 70.6 Å². The highest BCUT2D eigenvalue weighted by atomic mass is 79.9. The number of hydrogen-bond donors (Lipinski definition) is 5. The van der Waals surface area contributed by atoms with Crippen LogP contribution in [0.5, 0.6) is 0 Å². The molecule has 2 atom stereocenters. The van der Waals surface area contributed by atoms with Crippen molar-refractivity contribution in [2.24, 2.45) is 15.7 Å². The summed E-state index contributed by atoms with van der Waals surface area (Å²) in [5, 5.41) is 14.0. The third-order valence-electron chi connectivity index (χ3n) is 12.5. The van der Waals surface area contributed by atoms with E-state index in [1.54, 1.807) is 11.8 Å². The van der Waals surface area contributed by atoms with Crippen LogP contribution < -0.4 is 21.7 Å². The number of nitrogens with two attached hydrogens (primary N) is 1. The molecule has 0 aliphatic carbocycles. The average molecular weight is 1360 g/mol. The van der Waals surface area contributed by atoms with Gasteiger partial charge in [-0.15, -0.1) is 17.0 Å². The molecule has 80 heavy (non-hydrogen) atoms. The molecule has 0 bridgehead atoms. The maximum absolute atomic E-state index is 14.4. The number of carboxylic acids is 1. The molecule has 436 valence electrons. The summed E-state index contributed by atoms with van der Waals surface area (Å²) in [5.41, 5.74) is -6.13. The number of amides is 3. The quantitative estimate of drug-likeness (QED) is 0.0728. The van der Waals surface area contributed by atoms with Crippen molar-refractivity contribution < 1.29 is 77.0 Å². The van der Waals surface area contributed by atoms with Gasteiger partial charge in [-0.3, -0.25) is 29.2 Å². The van der Waals surface area contributed by atoms with Gasteiger partial charge in [-0.25, -0.2) is 0 Å². The van der Waals surface area contributed by atoms with E-state index in [2.05, 4.69) is 20.6 Å². The summed E-state index contributed by atoms with van der Waals surface area (Å²) < 4.78 is 169. The second-order valence-corrected chi connectivity index (χ2v) is 22.5. The third kappa shape index (κ3) is 15.5. The van der Waals surface area contributed by atoms with Gasteiger partial charge < -0.3 is 26.8 Å². The Labute approximate surface area is 495 Å². The van der Waals surface area contributed by atoms with Gasteiger partial charge >= 0.3 is 30.7 Å². The van der Waals surface area contributed by atoms with E-state index in [-0.39, 0.29) is 86.8 Å². The Morgan fingerprint density at radius 3 is 1.23 bits per heavy atom. The first-order valence-corrected chi connectivity index (χ1v) is 27.1. The Morgan fingerprint density at radius 2 is 0.938 bits per heavy atom. The molecule has 4 aliphatic heterocycles. The lowest BCUT2D eigenvalue weighted by atomic mass is 9.76. The Balaban J connectivity index is 0.000000268. The third-order valence-corrected chi connectivity index (χ3v) is 17.5. The Kier molecular flexibility index (Phi) is 22.1. The average Bonchev–Trinajstić information content (AvgIpc) is 4.07. The fourth-order valence-electron chi connectivity index (χ4n) is 8.07. The van der Waals surface area contributed by atoms with Gasteiger partial charge in [0.25, 0.3) is 11.8 Å². The molecule has 6 N–H and O–H groups in total. The summed E-state index contributed by atoms with van der Waals surface area (Å²) in [7, 11) is 0. The number of hydrogen-bond acceptors (Lipinski definition) is 9. The van der Waals surface area contributed by atoms with Gasteiger partial charge in [-0.1, -0.05) is 81.7 Å². The number of carbonyl (C=O) groups is 4. The molecule has 4 aliphatic rings. The maximum Gasteiger partial charge on any atom is 0.417 e. The Morgan fingerprint density at radius 1 is 0.588 bits per heavy atom. The van der Waals surface area contributed by atoms with E-state index < -0.39 is 121 Å². The molecule has 0 radical (unpaired) electrons. The number of aliphatic imine (C=N–C) groups is 2. The molecule has 2 saturated heterocycles. The number of benzene rings is 4. The number of thioether (sulfide) groups is 2. The van der Waals surface area contributed by atoms with Crippen LogP contribution in [0.1, 0.15) is 66.9 Å². The number of carboxylic acid groups (broad SMARTS) is 1. The fraction of sp³-hybridized carbons (Fsp3) is 0.375. The summed E-state index contributed by atoms with van der Waals surface area (Å²) in [5.74, 6) is -0.724. The van der Waals surface area contributed by atoms with Gasteiger partial charge in [-0.2, -0.15) is 76.2 Å². The number of rotatable bonds is 11. The van der Waals surface area contributed by atoms with Crippen LogP contribution in [-0.2, 0) is 32.8 Å². The molecule has 32 heteroatoms. The van der Waals surface area contributed by atoms with Crippen molar-refractivity contribution in [1.29, 1.82) is 0 Å². The lowest BCUT2D eigenvalue weighted by molar-refractivity contribution is -0.184. The normalized spacial score (nSPS) is 19.3. The summed E-state index contributed by atoms with van der Waals surface area (Å²) >= 11 is 39.0. The largest absolute Gasteiger partial charge is 0.480 e. The zero-order valence-electron chi connectivity index (χ0n) is 40.1. The minimum absolute atomic E-state index is 0. The van der Waals surface area contributed by atoms with Crippen molar-refractivity contribution in [3.8, 4) is 0 Å². The van der Waals surface area contributed by atoms with Gasteiger partial charge in [0.15, 0.2) is 0 Å². The smallest absolute Gasteiger partial charge is 0.417 e. The number of alkyl halides is 12. The molecule has 8 rings (SSSR count). The van der Waals surface area contributed by atoms with Gasteiger partial charge in [0.1, 0.15) is 17.4 Å². The molecule has 4 aromatic carbocycles. The molecule has 0 saturated carbocycles. The number of aliphatic carboxylic acids is 1. The number of nitrogens with zero attached hydrogens (tertiary/aromatic N) is 2. The van der Waals surface area contributed by atoms with E-state index in [0.717, 1.165) is 48.5 Å². The lowest BCUT2D eigenvalue weighted by Crippen LogP contribution is -2.47. The Bertz CT molecular complexity index is 3050. The molecule has 4 heterocycles. The van der Waals surface area contributed by atoms with Crippen molar-refractivity contribution in [2.45, 2.75) is 60.5 Å². The molecule has 2 unspecified atom stereocenters. The van der Waals surface area contributed by atoms with Crippen molar-refractivity contribution >= 4 is 145 Å². The number of nitrogens with one attached hydrogen (secondary N) is 3. The monoisotopic (exact) mass is 1360 g/mol. The summed E-state index contributed by atoms with van der Waals surface area (Å²) in [4.78, 5) is 54.9. The van der Waals surface area contributed by atoms with Crippen molar-refractivity contribution in [3.05, 3.63) is 135 Å². The first-order valence-electron chi connectivity index (χ1n) is 22.5. The molecular weight excluding hydrogens is 1330 g/mol. The first-order chi connectivity index (χ1) is 36.6. The summed E-state index contributed by atoms with van der Waals surface area (Å²) in [6.45, 7) is -3.13. The van der Waals surface area contributed by atoms with Crippen LogP contribution >= 0.6 is 110 Å². The van der Waals surface area contributed by atoms with Crippen molar-refractivity contribution in [2.75, 3.05) is 49.2 Å². The van der Waals surface area contributed by atoms with Gasteiger partial charge in [0.05, 0.1) is 72.0 Å². The predicted molar refractivity (Wildman–Crippen MR) is 291 cm³/mol. The van der Waals surface area contributed by atoms with E-state index in [0.29, 0.717) is 29.7 Å². The first kappa shape index (κ1) is 66.9. The molecular formula is C48H39BrCl6F12N6O5S2. The highest BCUT2D eigenvalue weighted by Gasteiger charge is 2.60. The van der Waals surface area contributed by atoms with Crippen LogP contribution in [0.2, 0.25) is 30.1 Å². The van der Waals surface area contributed by atoms with E-state index in [4.69, 9.17) is 80.4 Å². The summed E-state index contributed by atoms with van der Waals surface area (Å²) in [6.07, 6.45) is -21.5.